The number of hydrogen-bond donors (Lipinski definition) is 1. The number of halogens is 1. The van der Waals surface area contributed by atoms with Crippen LogP contribution in [0.3, 0.4) is 0 Å². The van der Waals surface area contributed by atoms with Crippen LogP contribution in [0.15, 0.2) is 54.6 Å². The zero-order valence-electron chi connectivity index (χ0n) is 14.8. The molecular weight excluding hydrogens is 345 g/mol. The van der Waals surface area contributed by atoms with Gasteiger partial charge in [-0.1, -0.05) is 36.4 Å². The van der Waals surface area contributed by atoms with Crippen LogP contribution in [0.5, 0.6) is 0 Å². The van der Waals surface area contributed by atoms with Crippen molar-refractivity contribution in [3.05, 3.63) is 71.7 Å². The highest BCUT2D eigenvalue weighted by atomic mass is 19.1. The van der Waals surface area contributed by atoms with Crippen molar-refractivity contribution in [3.63, 3.8) is 0 Å². The van der Waals surface area contributed by atoms with Gasteiger partial charge in [-0.2, -0.15) is 0 Å². The summed E-state index contributed by atoms with van der Waals surface area (Å²) in [6, 6.07) is 16.0. The monoisotopic (exact) mass is 365 g/mol. The SMILES string of the molecule is NC(=O)[C@@H]1CCN(C(=O)c2cc3ccccc3n2Cc2ccccc2F)C1. The number of amides is 2. The molecule has 2 heterocycles. The fourth-order valence-corrected chi connectivity index (χ4v) is 3.69. The van der Waals surface area contributed by atoms with Crippen molar-refractivity contribution in [2.24, 2.45) is 11.7 Å². The molecule has 2 N–H and O–H groups in total. The minimum atomic E-state index is -0.378. The number of rotatable bonds is 4. The second-order valence-corrected chi connectivity index (χ2v) is 6.91. The minimum absolute atomic E-state index is 0.161. The van der Waals surface area contributed by atoms with Gasteiger partial charge in [0, 0.05) is 29.6 Å². The van der Waals surface area contributed by atoms with Crippen LogP contribution in [0.25, 0.3) is 10.9 Å². The molecule has 1 aromatic heterocycles. The van der Waals surface area contributed by atoms with Crippen LogP contribution >= 0.6 is 0 Å². The van der Waals surface area contributed by atoms with E-state index in [1.54, 1.807) is 23.1 Å². The number of nitrogens with zero attached hydrogens (tertiary/aromatic N) is 2. The first-order chi connectivity index (χ1) is 13.0. The summed E-state index contributed by atoms with van der Waals surface area (Å²) in [5.41, 5.74) is 7.26. The molecule has 2 aromatic carbocycles. The number of benzene rings is 2. The van der Waals surface area contributed by atoms with Gasteiger partial charge in [-0.3, -0.25) is 9.59 Å². The van der Waals surface area contributed by atoms with Gasteiger partial charge in [0.1, 0.15) is 11.5 Å². The average Bonchev–Trinajstić information content (AvgIpc) is 3.29. The first kappa shape index (κ1) is 17.3. The van der Waals surface area contributed by atoms with Crippen molar-refractivity contribution < 1.29 is 14.0 Å². The predicted molar refractivity (Wildman–Crippen MR) is 101 cm³/mol. The van der Waals surface area contributed by atoms with Crippen LogP contribution in [-0.4, -0.2) is 34.4 Å². The van der Waals surface area contributed by atoms with Gasteiger partial charge in [-0.15, -0.1) is 0 Å². The van der Waals surface area contributed by atoms with E-state index in [9.17, 15) is 14.0 Å². The Morgan fingerprint density at radius 3 is 2.59 bits per heavy atom. The number of primary amides is 1. The van der Waals surface area contributed by atoms with Gasteiger partial charge >= 0.3 is 0 Å². The standard InChI is InChI=1S/C21H20FN3O2/c22-17-7-3-1-6-15(17)13-25-18-8-4-2-5-14(18)11-19(25)21(27)24-10-9-16(12-24)20(23)26/h1-8,11,16H,9-10,12-13H2,(H2,23,26)/t16-/m1/s1. The molecule has 1 fully saturated rings. The van der Waals surface area contributed by atoms with E-state index >= 15 is 0 Å². The molecule has 0 aliphatic carbocycles. The third-order valence-electron chi connectivity index (χ3n) is 5.19. The third kappa shape index (κ3) is 3.18. The van der Waals surface area contributed by atoms with E-state index < -0.39 is 0 Å². The molecule has 0 unspecified atom stereocenters. The first-order valence-corrected chi connectivity index (χ1v) is 8.95. The number of carbonyl (C=O) groups is 2. The lowest BCUT2D eigenvalue weighted by atomic mass is 10.1. The highest BCUT2D eigenvalue weighted by Crippen LogP contribution is 2.25. The Labute approximate surface area is 156 Å². The van der Waals surface area contributed by atoms with E-state index in [4.69, 9.17) is 5.73 Å². The molecule has 1 atom stereocenters. The molecule has 2 amide bonds. The molecule has 1 saturated heterocycles. The molecule has 0 radical (unpaired) electrons. The Morgan fingerprint density at radius 2 is 1.85 bits per heavy atom. The van der Waals surface area contributed by atoms with Crippen LogP contribution in [-0.2, 0) is 11.3 Å². The molecule has 5 nitrogen and oxygen atoms in total. The second kappa shape index (κ2) is 6.87. The Balaban J connectivity index is 1.73. The highest BCUT2D eigenvalue weighted by molar-refractivity contribution is 5.99. The molecule has 6 heteroatoms. The van der Waals surface area contributed by atoms with E-state index in [2.05, 4.69) is 0 Å². The molecule has 27 heavy (non-hydrogen) atoms. The van der Waals surface area contributed by atoms with Gasteiger partial charge in [-0.25, -0.2) is 4.39 Å². The van der Waals surface area contributed by atoms with Gasteiger partial charge in [0.15, 0.2) is 0 Å². The lowest BCUT2D eigenvalue weighted by molar-refractivity contribution is -0.121. The Kier molecular flexibility index (Phi) is 4.39. The predicted octanol–water partition coefficient (Wildman–Crippen LogP) is 2.78. The van der Waals surface area contributed by atoms with Gasteiger partial charge in [-0.05, 0) is 24.6 Å². The van der Waals surface area contributed by atoms with Crippen molar-refractivity contribution in [3.8, 4) is 0 Å². The van der Waals surface area contributed by atoms with Crippen molar-refractivity contribution in [1.82, 2.24) is 9.47 Å². The van der Waals surface area contributed by atoms with Crippen molar-refractivity contribution in [2.75, 3.05) is 13.1 Å². The second-order valence-electron chi connectivity index (χ2n) is 6.91. The summed E-state index contributed by atoms with van der Waals surface area (Å²) >= 11 is 0. The van der Waals surface area contributed by atoms with E-state index in [1.165, 1.54) is 6.07 Å². The summed E-state index contributed by atoms with van der Waals surface area (Å²) in [4.78, 5) is 26.2. The molecular formula is C21H20FN3O2. The van der Waals surface area contributed by atoms with Gasteiger partial charge in [0.25, 0.3) is 5.91 Å². The summed E-state index contributed by atoms with van der Waals surface area (Å²) in [6.45, 7) is 1.08. The van der Waals surface area contributed by atoms with Crippen molar-refractivity contribution in [1.29, 1.82) is 0 Å². The fraction of sp³-hybridized carbons (Fsp3) is 0.238. The van der Waals surface area contributed by atoms with Crippen molar-refractivity contribution in [2.45, 2.75) is 13.0 Å². The summed E-state index contributed by atoms with van der Waals surface area (Å²) in [5.74, 6) is -1.15. The van der Waals surface area contributed by atoms with Crippen LogP contribution in [0.4, 0.5) is 4.39 Å². The lowest BCUT2D eigenvalue weighted by Gasteiger charge is -2.18. The topological polar surface area (TPSA) is 68.3 Å². The summed E-state index contributed by atoms with van der Waals surface area (Å²) < 4.78 is 16.0. The number of aromatic nitrogens is 1. The van der Waals surface area contributed by atoms with Crippen LogP contribution in [0.2, 0.25) is 0 Å². The number of para-hydroxylation sites is 1. The number of hydrogen-bond acceptors (Lipinski definition) is 2. The molecule has 138 valence electrons. The highest BCUT2D eigenvalue weighted by Gasteiger charge is 2.31. The Morgan fingerprint density at radius 1 is 1.11 bits per heavy atom. The molecule has 1 aliphatic heterocycles. The summed E-state index contributed by atoms with van der Waals surface area (Å²) in [6.07, 6.45) is 0.578. The largest absolute Gasteiger partial charge is 0.369 e. The molecule has 0 bridgehead atoms. The van der Waals surface area contributed by atoms with E-state index in [-0.39, 0.29) is 30.1 Å². The van der Waals surface area contributed by atoms with Crippen molar-refractivity contribution >= 4 is 22.7 Å². The maximum Gasteiger partial charge on any atom is 0.270 e. The smallest absolute Gasteiger partial charge is 0.270 e. The van der Waals surface area contributed by atoms with Crippen LogP contribution in [0.1, 0.15) is 22.5 Å². The molecule has 4 rings (SSSR count). The number of likely N-dealkylation sites (tertiary alicyclic amines) is 1. The summed E-state index contributed by atoms with van der Waals surface area (Å²) in [7, 11) is 0. The van der Waals surface area contributed by atoms with E-state index in [1.807, 2.05) is 34.9 Å². The average molecular weight is 365 g/mol. The zero-order valence-corrected chi connectivity index (χ0v) is 14.8. The van der Waals surface area contributed by atoms with E-state index in [0.717, 1.165) is 10.9 Å². The normalized spacial score (nSPS) is 16.8. The molecule has 3 aromatic rings. The fourth-order valence-electron chi connectivity index (χ4n) is 3.69. The van der Waals surface area contributed by atoms with Gasteiger partial charge in [0.05, 0.1) is 12.5 Å². The van der Waals surface area contributed by atoms with Crippen LogP contribution < -0.4 is 5.73 Å². The third-order valence-corrected chi connectivity index (χ3v) is 5.19. The van der Waals surface area contributed by atoms with E-state index in [0.29, 0.717) is 30.8 Å². The van der Waals surface area contributed by atoms with Gasteiger partial charge in [0.2, 0.25) is 5.91 Å². The first-order valence-electron chi connectivity index (χ1n) is 8.95. The molecule has 0 saturated carbocycles. The lowest BCUT2D eigenvalue weighted by Crippen LogP contribution is -2.33. The minimum Gasteiger partial charge on any atom is -0.369 e. The maximum absolute atomic E-state index is 14.2. The maximum atomic E-state index is 14.2. The molecule has 0 spiro atoms. The van der Waals surface area contributed by atoms with Gasteiger partial charge < -0.3 is 15.2 Å². The number of fused-ring (bicyclic) bond motifs is 1. The van der Waals surface area contributed by atoms with Crippen LogP contribution in [0, 0.1) is 11.7 Å². The number of nitrogens with two attached hydrogens (primary N) is 1. The molecule has 1 aliphatic rings. The Bertz CT molecular complexity index is 1030. The Hall–Kier alpha value is -3.15. The quantitative estimate of drug-likeness (QED) is 0.772. The summed E-state index contributed by atoms with van der Waals surface area (Å²) in [5, 5.41) is 0.919. The number of carbonyl (C=O) groups excluding carboxylic acids is 2. The zero-order chi connectivity index (χ0) is 19.0.